The third-order valence-corrected chi connectivity index (χ3v) is 4.43. The van der Waals surface area contributed by atoms with Gasteiger partial charge in [-0.1, -0.05) is 27.7 Å². The van der Waals surface area contributed by atoms with E-state index in [1.807, 2.05) is 6.26 Å². The van der Waals surface area contributed by atoms with Crippen molar-refractivity contribution in [1.29, 1.82) is 0 Å². The molecule has 0 rings (SSSR count). The first kappa shape index (κ1) is 24.2. The van der Waals surface area contributed by atoms with E-state index in [1.165, 1.54) is 6.92 Å². The zero-order chi connectivity index (χ0) is 20.4. The maximum absolute atomic E-state index is 12.5. The van der Waals surface area contributed by atoms with Crippen molar-refractivity contribution in [2.75, 3.05) is 12.0 Å². The Kier molecular flexibility index (Phi) is 11.0. The molecule has 0 fully saturated rings. The van der Waals surface area contributed by atoms with Crippen molar-refractivity contribution in [2.24, 2.45) is 11.8 Å². The fraction of sp³-hybridized carbons (Fsp3) is 0.765. The second-order valence-corrected chi connectivity index (χ2v) is 7.82. The number of nitrogens with one attached hydrogen (secondary N) is 3. The lowest BCUT2D eigenvalue weighted by atomic mass is 9.99. The molecule has 0 aromatic rings. The number of rotatable bonds is 11. The van der Waals surface area contributed by atoms with Crippen LogP contribution in [0.1, 0.15) is 41.0 Å². The van der Waals surface area contributed by atoms with Crippen LogP contribution in [0.2, 0.25) is 0 Å². The predicted molar refractivity (Wildman–Crippen MR) is 102 cm³/mol. The van der Waals surface area contributed by atoms with Gasteiger partial charge in [0.05, 0.1) is 0 Å². The number of carboxylic acid groups (broad SMARTS) is 1. The van der Waals surface area contributed by atoms with Crippen LogP contribution >= 0.6 is 11.8 Å². The topological polar surface area (TPSA) is 125 Å². The third-order valence-electron chi connectivity index (χ3n) is 3.78. The number of hydrogen-bond donors (Lipinski definition) is 4. The summed E-state index contributed by atoms with van der Waals surface area (Å²) >= 11 is 1.54. The maximum atomic E-state index is 12.5. The van der Waals surface area contributed by atoms with Crippen molar-refractivity contribution in [1.82, 2.24) is 16.0 Å². The molecular formula is C17H31N3O5S. The summed E-state index contributed by atoms with van der Waals surface area (Å²) in [6.07, 6.45) is 2.33. The van der Waals surface area contributed by atoms with E-state index < -0.39 is 35.9 Å². The number of aliphatic carboxylic acids is 1. The van der Waals surface area contributed by atoms with E-state index in [4.69, 9.17) is 0 Å². The number of amides is 3. The molecule has 0 aliphatic heterocycles. The van der Waals surface area contributed by atoms with Crippen LogP contribution in [-0.4, -0.2) is 58.9 Å². The Hall–Kier alpha value is -1.77. The second kappa shape index (κ2) is 11.8. The first-order valence-electron chi connectivity index (χ1n) is 8.60. The summed E-state index contributed by atoms with van der Waals surface area (Å²) in [5.74, 6) is -2.35. The van der Waals surface area contributed by atoms with Gasteiger partial charge in [0.15, 0.2) is 0 Å². The van der Waals surface area contributed by atoms with E-state index in [2.05, 4.69) is 16.0 Å². The summed E-state index contributed by atoms with van der Waals surface area (Å²) in [7, 11) is 0. The fourth-order valence-corrected chi connectivity index (χ4v) is 2.77. The molecule has 0 aliphatic carbocycles. The van der Waals surface area contributed by atoms with Crippen LogP contribution in [0.5, 0.6) is 0 Å². The van der Waals surface area contributed by atoms with Crippen molar-refractivity contribution in [3.63, 3.8) is 0 Å². The van der Waals surface area contributed by atoms with Gasteiger partial charge in [-0.2, -0.15) is 11.8 Å². The summed E-state index contributed by atoms with van der Waals surface area (Å²) in [5.41, 5.74) is 0. The Morgan fingerprint density at radius 2 is 1.38 bits per heavy atom. The lowest BCUT2D eigenvalue weighted by Gasteiger charge is -2.27. The summed E-state index contributed by atoms with van der Waals surface area (Å²) in [4.78, 5) is 47.7. The van der Waals surface area contributed by atoms with Crippen LogP contribution in [0, 0.1) is 11.8 Å². The smallest absolute Gasteiger partial charge is 0.326 e. The summed E-state index contributed by atoms with van der Waals surface area (Å²) in [6.45, 7) is 8.22. The van der Waals surface area contributed by atoms with Gasteiger partial charge < -0.3 is 21.1 Å². The van der Waals surface area contributed by atoms with Gasteiger partial charge in [-0.25, -0.2) is 4.79 Å². The highest BCUT2D eigenvalue weighted by molar-refractivity contribution is 7.98. The quantitative estimate of drug-likeness (QED) is 0.410. The van der Waals surface area contributed by atoms with Gasteiger partial charge >= 0.3 is 5.97 Å². The second-order valence-electron chi connectivity index (χ2n) is 6.83. The number of thioether (sulfide) groups is 1. The predicted octanol–water partition coefficient (Wildman–Crippen LogP) is 0.610. The molecular weight excluding hydrogens is 358 g/mol. The van der Waals surface area contributed by atoms with Crippen LogP contribution in [0.4, 0.5) is 0 Å². The number of hydrogen-bond acceptors (Lipinski definition) is 5. The molecule has 3 atom stereocenters. The number of carbonyl (C=O) groups excluding carboxylic acids is 3. The van der Waals surface area contributed by atoms with Crippen LogP contribution in [0.15, 0.2) is 0 Å². The Balaban J connectivity index is 5.17. The minimum atomic E-state index is -1.13. The van der Waals surface area contributed by atoms with E-state index in [0.29, 0.717) is 12.2 Å². The molecule has 0 radical (unpaired) electrons. The van der Waals surface area contributed by atoms with E-state index in [1.54, 1.807) is 39.5 Å². The van der Waals surface area contributed by atoms with Gasteiger partial charge in [0.1, 0.15) is 18.1 Å². The van der Waals surface area contributed by atoms with Gasteiger partial charge in [-0.15, -0.1) is 0 Å². The fourth-order valence-electron chi connectivity index (χ4n) is 2.30. The van der Waals surface area contributed by atoms with Crippen molar-refractivity contribution in [3.05, 3.63) is 0 Å². The molecule has 150 valence electrons. The van der Waals surface area contributed by atoms with Gasteiger partial charge in [0.25, 0.3) is 0 Å². The summed E-state index contributed by atoms with van der Waals surface area (Å²) < 4.78 is 0. The van der Waals surface area contributed by atoms with Gasteiger partial charge in [0.2, 0.25) is 17.7 Å². The van der Waals surface area contributed by atoms with Crippen LogP contribution < -0.4 is 16.0 Å². The van der Waals surface area contributed by atoms with E-state index in [-0.39, 0.29) is 17.7 Å². The molecule has 4 N–H and O–H groups in total. The third kappa shape index (κ3) is 8.55. The first-order chi connectivity index (χ1) is 12.0. The monoisotopic (exact) mass is 389 g/mol. The largest absolute Gasteiger partial charge is 0.480 e. The van der Waals surface area contributed by atoms with Gasteiger partial charge in [0, 0.05) is 6.92 Å². The molecule has 3 amide bonds. The van der Waals surface area contributed by atoms with Crippen LogP contribution in [-0.2, 0) is 19.2 Å². The molecule has 9 heteroatoms. The van der Waals surface area contributed by atoms with Crippen molar-refractivity contribution < 1.29 is 24.3 Å². The minimum Gasteiger partial charge on any atom is -0.480 e. The zero-order valence-corrected chi connectivity index (χ0v) is 17.1. The number of carbonyl (C=O) groups is 4. The molecule has 0 bridgehead atoms. The first-order valence-corrected chi connectivity index (χ1v) is 10.00. The minimum absolute atomic E-state index is 0.251. The summed E-state index contributed by atoms with van der Waals surface area (Å²) in [5, 5.41) is 16.9. The summed E-state index contributed by atoms with van der Waals surface area (Å²) in [6, 6.07) is -2.67. The molecule has 0 saturated carbocycles. The maximum Gasteiger partial charge on any atom is 0.326 e. The lowest BCUT2D eigenvalue weighted by molar-refractivity contribution is -0.143. The standard InChI is InChI=1S/C17H31N3O5S/c1-9(2)13(16(23)20-14(10(3)4)17(24)25)19-15(22)12(7-8-26-6)18-11(5)21/h9-10,12-14H,7-8H2,1-6H3,(H,18,21)(H,19,22)(H,20,23)(H,24,25)/t12-,13?,14-/m0/s1. The van der Waals surface area contributed by atoms with Crippen molar-refractivity contribution in [2.45, 2.75) is 59.2 Å². The molecule has 0 saturated heterocycles. The van der Waals surface area contributed by atoms with E-state index in [0.717, 1.165) is 0 Å². The van der Waals surface area contributed by atoms with Crippen molar-refractivity contribution in [3.8, 4) is 0 Å². The average Bonchev–Trinajstić information content (AvgIpc) is 2.52. The Bertz CT molecular complexity index is 511. The lowest BCUT2D eigenvalue weighted by Crippen LogP contribution is -2.58. The highest BCUT2D eigenvalue weighted by atomic mass is 32.2. The molecule has 1 unspecified atom stereocenters. The van der Waals surface area contributed by atoms with Crippen molar-refractivity contribution >= 4 is 35.5 Å². The SMILES string of the molecule is CSCC[C@H](NC(C)=O)C(=O)NC(C(=O)N[C@H](C(=O)O)C(C)C)C(C)C. The van der Waals surface area contributed by atoms with Crippen LogP contribution in [0.25, 0.3) is 0 Å². The highest BCUT2D eigenvalue weighted by Crippen LogP contribution is 2.08. The average molecular weight is 390 g/mol. The molecule has 0 aromatic carbocycles. The molecule has 8 nitrogen and oxygen atoms in total. The van der Waals surface area contributed by atoms with Crippen LogP contribution in [0.3, 0.4) is 0 Å². The number of carboxylic acids is 1. The Labute approximate surface area is 159 Å². The van der Waals surface area contributed by atoms with E-state index in [9.17, 15) is 24.3 Å². The molecule has 0 spiro atoms. The molecule has 0 heterocycles. The Morgan fingerprint density at radius 1 is 0.885 bits per heavy atom. The van der Waals surface area contributed by atoms with E-state index >= 15 is 0 Å². The molecule has 0 aromatic heterocycles. The normalized spacial score (nSPS) is 14.5. The Morgan fingerprint density at radius 3 is 1.77 bits per heavy atom. The van der Waals surface area contributed by atoms with Gasteiger partial charge in [-0.3, -0.25) is 14.4 Å². The molecule has 26 heavy (non-hydrogen) atoms. The van der Waals surface area contributed by atoms with Gasteiger partial charge in [-0.05, 0) is 30.3 Å². The molecule has 0 aliphatic rings. The zero-order valence-electron chi connectivity index (χ0n) is 16.3. The highest BCUT2D eigenvalue weighted by Gasteiger charge is 2.31.